The lowest BCUT2D eigenvalue weighted by Gasteiger charge is -2.28. The second-order valence-corrected chi connectivity index (χ2v) is 8.39. The summed E-state index contributed by atoms with van der Waals surface area (Å²) in [5, 5.41) is 2.68. The van der Waals surface area contributed by atoms with Gasteiger partial charge in [-0.25, -0.2) is 8.42 Å². The number of hydrogen-bond acceptors (Lipinski definition) is 4. The van der Waals surface area contributed by atoms with Crippen molar-refractivity contribution < 1.29 is 18.0 Å². The molecule has 1 heterocycles. The first-order valence-corrected chi connectivity index (χ1v) is 10.6. The summed E-state index contributed by atoms with van der Waals surface area (Å²) in [5.41, 5.74) is 3.06. The number of rotatable bonds is 5. The molecule has 7 nitrogen and oxygen atoms in total. The first kappa shape index (κ1) is 19.9. The summed E-state index contributed by atoms with van der Waals surface area (Å²) >= 11 is 0. The Balaban J connectivity index is 1.76. The third kappa shape index (κ3) is 4.51. The van der Waals surface area contributed by atoms with Crippen LogP contribution in [0.2, 0.25) is 0 Å². The fourth-order valence-corrected chi connectivity index (χ4v) is 4.12. The molecule has 0 radical (unpaired) electrons. The quantitative estimate of drug-likeness (QED) is 0.805. The molecule has 0 unspecified atom stereocenters. The van der Waals surface area contributed by atoms with Gasteiger partial charge in [0, 0.05) is 37.8 Å². The van der Waals surface area contributed by atoms with E-state index in [2.05, 4.69) is 10.0 Å². The van der Waals surface area contributed by atoms with Gasteiger partial charge < -0.3 is 10.2 Å². The van der Waals surface area contributed by atoms with E-state index >= 15 is 0 Å². The molecule has 2 aromatic carbocycles. The van der Waals surface area contributed by atoms with Crippen LogP contribution in [0.15, 0.2) is 47.4 Å². The van der Waals surface area contributed by atoms with E-state index in [0.29, 0.717) is 30.9 Å². The maximum absolute atomic E-state index is 12.7. The van der Waals surface area contributed by atoms with E-state index < -0.39 is 10.0 Å². The summed E-state index contributed by atoms with van der Waals surface area (Å²) in [6.07, 6.45) is 1.11. The fourth-order valence-electron chi connectivity index (χ4n) is 3.07. The van der Waals surface area contributed by atoms with Crippen molar-refractivity contribution in [1.29, 1.82) is 0 Å². The molecule has 0 aromatic heterocycles. The third-order valence-corrected chi connectivity index (χ3v) is 6.08. The first-order valence-electron chi connectivity index (χ1n) is 9.08. The van der Waals surface area contributed by atoms with E-state index in [1.807, 2.05) is 6.07 Å². The van der Waals surface area contributed by atoms with Crippen molar-refractivity contribution in [2.75, 3.05) is 16.6 Å². The minimum Gasteiger partial charge on any atom is -0.338 e. The van der Waals surface area contributed by atoms with Crippen LogP contribution < -0.4 is 10.0 Å². The molecule has 0 fully saturated rings. The number of fused-ring (bicyclic) bond motifs is 1. The molecule has 1 aliphatic heterocycles. The molecule has 148 valence electrons. The molecule has 0 atom stereocenters. The number of nitrogens with one attached hydrogen (secondary N) is 2. The first-order chi connectivity index (χ1) is 13.3. The second-order valence-electron chi connectivity index (χ2n) is 6.71. The molecule has 1 aliphatic rings. The van der Waals surface area contributed by atoms with Crippen LogP contribution >= 0.6 is 0 Å². The number of hydrogen-bond donors (Lipinski definition) is 2. The number of sulfonamides is 1. The fraction of sp³-hybridized carbons (Fsp3) is 0.300. The Morgan fingerprint density at radius 2 is 1.71 bits per heavy atom. The number of amides is 2. The Morgan fingerprint density at radius 3 is 2.36 bits per heavy atom. The molecule has 3 rings (SSSR count). The highest BCUT2D eigenvalue weighted by atomic mass is 32.2. The number of carbonyl (C=O) groups excluding carboxylic acids is 2. The van der Waals surface area contributed by atoms with E-state index in [4.69, 9.17) is 0 Å². The summed E-state index contributed by atoms with van der Waals surface area (Å²) in [5.74, 6) is -0.130. The number of nitrogens with zero attached hydrogens (tertiary/aromatic N) is 1. The van der Waals surface area contributed by atoms with Crippen LogP contribution in [0.5, 0.6) is 0 Å². The zero-order chi connectivity index (χ0) is 20.3. The Labute approximate surface area is 164 Å². The molecule has 0 saturated carbocycles. The number of carbonyl (C=O) groups is 2. The van der Waals surface area contributed by atoms with E-state index in [9.17, 15) is 18.0 Å². The van der Waals surface area contributed by atoms with Gasteiger partial charge in [-0.15, -0.1) is 0 Å². The van der Waals surface area contributed by atoms with Gasteiger partial charge in [-0.05, 0) is 53.9 Å². The van der Waals surface area contributed by atoms with E-state index in [1.165, 1.54) is 19.1 Å². The minimum atomic E-state index is -3.76. The molecule has 0 bridgehead atoms. The van der Waals surface area contributed by atoms with Crippen LogP contribution in [-0.2, 0) is 32.6 Å². The molecule has 2 aromatic rings. The van der Waals surface area contributed by atoms with Gasteiger partial charge in [0.2, 0.25) is 11.8 Å². The predicted octanol–water partition coefficient (Wildman–Crippen LogP) is 2.74. The van der Waals surface area contributed by atoms with Crippen LogP contribution in [0, 0.1) is 0 Å². The van der Waals surface area contributed by atoms with Gasteiger partial charge in [-0.3, -0.25) is 14.3 Å². The SMILES string of the molecule is CCC(=O)Nc1ccc(S(=O)(=O)Nc2ccc3c(c2)CN(C(C)=O)CC3)cc1. The average Bonchev–Trinajstić information content (AvgIpc) is 2.67. The van der Waals surface area contributed by atoms with Crippen LogP contribution in [0.4, 0.5) is 11.4 Å². The summed E-state index contributed by atoms with van der Waals surface area (Å²) in [6, 6.07) is 11.4. The highest BCUT2D eigenvalue weighted by molar-refractivity contribution is 7.92. The summed E-state index contributed by atoms with van der Waals surface area (Å²) in [4.78, 5) is 24.9. The molecule has 0 aliphatic carbocycles. The molecule has 2 N–H and O–H groups in total. The predicted molar refractivity (Wildman–Crippen MR) is 107 cm³/mol. The topological polar surface area (TPSA) is 95.6 Å². The summed E-state index contributed by atoms with van der Waals surface area (Å²) in [6.45, 7) is 4.43. The Kier molecular flexibility index (Phi) is 5.69. The Morgan fingerprint density at radius 1 is 1.04 bits per heavy atom. The van der Waals surface area contributed by atoms with Crippen LogP contribution in [0.25, 0.3) is 0 Å². The highest BCUT2D eigenvalue weighted by Gasteiger charge is 2.20. The van der Waals surface area contributed by atoms with Crippen LogP contribution in [0.1, 0.15) is 31.4 Å². The lowest BCUT2D eigenvalue weighted by Crippen LogP contribution is -2.34. The Hall–Kier alpha value is -2.87. The molecule has 28 heavy (non-hydrogen) atoms. The minimum absolute atomic E-state index is 0.00638. The van der Waals surface area contributed by atoms with Crippen LogP contribution in [0.3, 0.4) is 0 Å². The molecule has 2 amide bonds. The average molecular weight is 401 g/mol. The van der Waals surface area contributed by atoms with E-state index in [1.54, 1.807) is 36.1 Å². The van der Waals surface area contributed by atoms with Crippen molar-refractivity contribution >= 4 is 33.2 Å². The largest absolute Gasteiger partial charge is 0.338 e. The van der Waals surface area contributed by atoms with Gasteiger partial charge in [0.15, 0.2) is 0 Å². The van der Waals surface area contributed by atoms with E-state index in [-0.39, 0.29) is 16.7 Å². The standard InChI is InChI=1S/C20H23N3O4S/c1-3-20(25)21-17-6-8-19(9-7-17)28(26,27)22-18-5-4-15-10-11-23(14(2)24)13-16(15)12-18/h4-9,12,22H,3,10-11,13H2,1-2H3,(H,21,25). The molecule has 0 spiro atoms. The number of benzene rings is 2. The van der Waals surface area contributed by atoms with Gasteiger partial charge in [0.25, 0.3) is 10.0 Å². The summed E-state index contributed by atoms with van der Waals surface area (Å²) < 4.78 is 27.9. The lowest BCUT2D eigenvalue weighted by atomic mass is 9.99. The van der Waals surface area contributed by atoms with E-state index in [0.717, 1.165) is 17.5 Å². The zero-order valence-corrected chi connectivity index (χ0v) is 16.7. The van der Waals surface area contributed by atoms with Crippen molar-refractivity contribution in [1.82, 2.24) is 4.90 Å². The van der Waals surface area contributed by atoms with Gasteiger partial charge >= 0.3 is 0 Å². The molecular formula is C20H23N3O4S. The third-order valence-electron chi connectivity index (χ3n) is 4.69. The van der Waals surface area contributed by atoms with Gasteiger partial charge in [-0.2, -0.15) is 0 Å². The molecular weight excluding hydrogens is 378 g/mol. The number of anilines is 2. The monoisotopic (exact) mass is 401 g/mol. The van der Waals surface area contributed by atoms with Crippen LogP contribution in [-0.4, -0.2) is 31.7 Å². The molecule has 0 saturated heterocycles. The van der Waals surface area contributed by atoms with Crippen molar-refractivity contribution in [2.45, 2.75) is 38.1 Å². The van der Waals surface area contributed by atoms with Crippen molar-refractivity contribution in [3.8, 4) is 0 Å². The van der Waals surface area contributed by atoms with Crippen molar-refractivity contribution in [3.05, 3.63) is 53.6 Å². The van der Waals surface area contributed by atoms with Gasteiger partial charge in [0.1, 0.15) is 0 Å². The maximum atomic E-state index is 12.7. The maximum Gasteiger partial charge on any atom is 0.261 e. The van der Waals surface area contributed by atoms with Gasteiger partial charge in [0.05, 0.1) is 4.90 Å². The van der Waals surface area contributed by atoms with Crippen molar-refractivity contribution in [3.63, 3.8) is 0 Å². The summed E-state index contributed by atoms with van der Waals surface area (Å²) in [7, 11) is -3.76. The van der Waals surface area contributed by atoms with Crippen molar-refractivity contribution in [2.24, 2.45) is 0 Å². The highest BCUT2D eigenvalue weighted by Crippen LogP contribution is 2.25. The zero-order valence-electron chi connectivity index (χ0n) is 15.9. The lowest BCUT2D eigenvalue weighted by molar-refractivity contribution is -0.129. The molecule has 8 heteroatoms. The normalized spacial score (nSPS) is 13.6. The second kappa shape index (κ2) is 8.02. The smallest absolute Gasteiger partial charge is 0.261 e. The van der Waals surface area contributed by atoms with Gasteiger partial charge in [-0.1, -0.05) is 13.0 Å². The Bertz CT molecular complexity index is 1000.